The second-order valence-electron chi connectivity index (χ2n) is 5.35. The summed E-state index contributed by atoms with van der Waals surface area (Å²) >= 11 is 1.56. The van der Waals surface area contributed by atoms with Crippen molar-refractivity contribution in [3.63, 3.8) is 0 Å². The van der Waals surface area contributed by atoms with Gasteiger partial charge in [0.15, 0.2) is 0 Å². The van der Waals surface area contributed by atoms with E-state index in [2.05, 4.69) is 13.8 Å². The van der Waals surface area contributed by atoms with Gasteiger partial charge in [-0.05, 0) is 24.5 Å². The summed E-state index contributed by atoms with van der Waals surface area (Å²) in [5, 5.41) is 9.27. The van der Waals surface area contributed by atoms with Crippen molar-refractivity contribution >= 4 is 23.6 Å². The summed E-state index contributed by atoms with van der Waals surface area (Å²) < 4.78 is 0. The van der Waals surface area contributed by atoms with E-state index in [0.717, 1.165) is 6.42 Å². The number of carbonyl (C=O) groups excluding carboxylic acids is 1. The fourth-order valence-electron chi connectivity index (χ4n) is 2.34. The Kier molecular flexibility index (Phi) is 4.70. The maximum absolute atomic E-state index is 12.6. The van der Waals surface area contributed by atoms with Crippen LogP contribution in [0, 0.1) is 5.92 Å². The van der Waals surface area contributed by atoms with Crippen molar-refractivity contribution in [2.24, 2.45) is 5.92 Å². The van der Waals surface area contributed by atoms with E-state index in [1.807, 2.05) is 6.07 Å². The Balaban J connectivity index is 2.26. The molecule has 0 radical (unpaired) electrons. The molecule has 4 nitrogen and oxygen atoms in total. The molecule has 0 aromatic heterocycles. The first-order chi connectivity index (χ1) is 9.50. The summed E-state index contributed by atoms with van der Waals surface area (Å²) in [5.74, 6) is -0.224. The molecule has 1 aromatic rings. The molecule has 0 aliphatic carbocycles. The molecular formula is C15H19NO3S. The van der Waals surface area contributed by atoms with Gasteiger partial charge in [0.1, 0.15) is 6.04 Å². The molecule has 2 rings (SSSR count). The Bertz CT molecular complexity index is 489. The van der Waals surface area contributed by atoms with E-state index in [-0.39, 0.29) is 11.3 Å². The minimum Gasteiger partial charge on any atom is -0.480 e. The first-order valence-corrected chi connectivity index (χ1v) is 7.77. The van der Waals surface area contributed by atoms with Crippen molar-refractivity contribution < 1.29 is 14.7 Å². The summed E-state index contributed by atoms with van der Waals surface area (Å²) in [7, 11) is 0. The first kappa shape index (κ1) is 14.9. The zero-order chi connectivity index (χ0) is 14.7. The molecular weight excluding hydrogens is 274 g/mol. The number of carboxylic acids is 1. The van der Waals surface area contributed by atoms with Crippen molar-refractivity contribution in [1.29, 1.82) is 0 Å². The van der Waals surface area contributed by atoms with Crippen LogP contribution in [0.2, 0.25) is 0 Å². The molecule has 0 saturated carbocycles. The fraction of sp³-hybridized carbons (Fsp3) is 0.467. The zero-order valence-corrected chi connectivity index (χ0v) is 12.5. The fourth-order valence-corrected chi connectivity index (χ4v) is 3.97. The van der Waals surface area contributed by atoms with Crippen LogP contribution < -0.4 is 0 Å². The van der Waals surface area contributed by atoms with E-state index < -0.39 is 12.0 Å². The summed E-state index contributed by atoms with van der Waals surface area (Å²) in [5.41, 5.74) is 0.551. The minimum atomic E-state index is -0.923. The van der Waals surface area contributed by atoms with E-state index in [4.69, 9.17) is 0 Å². The molecule has 0 bridgehead atoms. The standard InChI is InChI=1S/C15H19NO3S/c1-10(2)8-13-16(12(9-20-13)15(18)19)14(17)11-6-4-3-5-7-11/h3-7,10,12-13H,8-9H2,1-2H3,(H,18,19)/t12-,13-/m1/s1. The number of benzene rings is 1. The van der Waals surface area contributed by atoms with E-state index in [1.54, 1.807) is 40.9 Å². The maximum Gasteiger partial charge on any atom is 0.327 e. The quantitative estimate of drug-likeness (QED) is 0.927. The monoisotopic (exact) mass is 293 g/mol. The molecule has 108 valence electrons. The SMILES string of the molecule is CC(C)C[C@H]1SC[C@H](C(=O)O)N1C(=O)c1ccccc1. The second-order valence-corrected chi connectivity index (χ2v) is 6.56. The van der Waals surface area contributed by atoms with E-state index in [0.29, 0.717) is 17.2 Å². The van der Waals surface area contributed by atoms with Gasteiger partial charge in [-0.15, -0.1) is 11.8 Å². The highest BCUT2D eigenvalue weighted by molar-refractivity contribution is 8.00. The zero-order valence-electron chi connectivity index (χ0n) is 11.7. The summed E-state index contributed by atoms with van der Waals surface area (Å²) in [6.45, 7) is 4.17. The third kappa shape index (κ3) is 3.15. The number of carboxylic acid groups (broad SMARTS) is 1. The number of amides is 1. The molecule has 1 heterocycles. The Morgan fingerprint density at radius 3 is 2.55 bits per heavy atom. The highest BCUT2D eigenvalue weighted by atomic mass is 32.2. The van der Waals surface area contributed by atoms with Crippen LogP contribution in [0.3, 0.4) is 0 Å². The molecule has 2 atom stereocenters. The molecule has 1 N–H and O–H groups in total. The van der Waals surface area contributed by atoms with Gasteiger partial charge in [-0.3, -0.25) is 4.79 Å². The topological polar surface area (TPSA) is 57.6 Å². The van der Waals surface area contributed by atoms with Crippen LogP contribution in [0.5, 0.6) is 0 Å². The largest absolute Gasteiger partial charge is 0.480 e. The molecule has 0 unspecified atom stereocenters. The molecule has 1 aliphatic heterocycles. The van der Waals surface area contributed by atoms with Crippen LogP contribution in [0.25, 0.3) is 0 Å². The molecule has 1 saturated heterocycles. The maximum atomic E-state index is 12.6. The van der Waals surface area contributed by atoms with Crippen molar-refractivity contribution in [3.8, 4) is 0 Å². The number of hydrogen-bond donors (Lipinski definition) is 1. The molecule has 1 amide bonds. The third-order valence-corrected chi connectivity index (χ3v) is 4.62. The summed E-state index contributed by atoms with van der Waals surface area (Å²) in [6.07, 6.45) is 0.813. The summed E-state index contributed by atoms with van der Waals surface area (Å²) in [6, 6.07) is 8.17. The average molecular weight is 293 g/mol. The molecule has 0 spiro atoms. The van der Waals surface area contributed by atoms with Gasteiger partial charge in [-0.25, -0.2) is 4.79 Å². The number of hydrogen-bond acceptors (Lipinski definition) is 3. The Morgan fingerprint density at radius 2 is 2.00 bits per heavy atom. The lowest BCUT2D eigenvalue weighted by atomic mass is 10.1. The van der Waals surface area contributed by atoms with Crippen molar-refractivity contribution in [1.82, 2.24) is 4.90 Å². The van der Waals surface area contributed by atoms with Gasteiger partial charge < -0.3 is 10.0 Å². The predicted molar refractivity (Wildman–Crippen MR) is 79.7 cm³/mol. The number of carbonyl (C=O) groups is 2. The molecule has 1 fully saturated rings. The highest BCUT2D eigenvalue weighted by Gasteiger charge is 2.41. The molecule has 5 heteroatoms. The number of aliphatic carboxylic acids is 1. The number of thioether (sulfide) groups is 1. The Morgan fingerprint density at radius 1 is 1.35 bits per heavy atom. The van der Waals surface area contributed by atoms with Crippen molar-refractivity contribution in [2.45, 2.75) is 31.7 Å². The lowest BCUT2D eigenvalue weighted by Gasteiger charge is -2.28. The van der Waals surface area contributed by atoms with Gasteiger partial charge in [-0.1, -0.05) is 32.0 Å². The Hall–Kier alpha value is -1.49. The van der Waals surface area contributed by atoms with E-state index in [9.17, 15) is 14.7 Å². The van der Waals surface area contributed by atoms with Crippen LogP contribution in [0.15, 0.2) is 30.3 Å². The van der Waals surface area contributed by atoms with Crippen LogP contribution >= 0.6 is 11.8 Å². The highest BCUT2D eigenvalue weighted by Crippen LogP contribution is 2.34. The summed E-state index contributed by atoms with van der Waals surface area (Å²) in [4.78, 5) is 25.5. The lowest BCUT2D eigenvalue weighted by molar-refractivity contribution is -0.141. The molecule has 1 aliphatic rings. The van der Waals surface area contributed by atoms with Gasteiger partial charge in [0.05, 0.1) is 5.37 Å². The van der Waals surface area contributed by atoms with Crippen molar-refractivity contribution in [2.75, 3.05) is 5.75 Å². The number of nitrogens with zero attached hydrogens (tertiary/aromatic N) is 1. The van der Waals surface area contributed by atoms with Gasteiger partial charge >= 0.3 is 5.97 Å². The van der Waals surface area contributed by atoms with Gasteiger partial charge in [0.25, 0.3) is 5.91 Å². The van der Waals surface area contributed by atoms with Crippen LogP contribution in [-0.2, 0) is 4.79 Å². The first-order valence-electron chi connectivity index (χ1n) is 6.73. The molecule has 1 aromatic carbocycles. The normalized spacial score (nSPS) is 22.2. The minimum absolute atomic E-state index is 0.0520. The second kappa shape index (κ2) is 6.31. The van der Waals surface area contributed by atoms with Crippen LogP contribution in [-0.4, -0.2) is 39.1 Å². The average Bonchev–Trinajstić information content (AvgIpc) is 2.82. The predicted octanol–water partition coefficient (Wildman–Crippen LogP) is 2.70. The van der Waals surface area contributed by atoms with E-state index >= 15 is 0 Å². The lowest BCUT2D eigenvalue weighted by Crippen LogP contribution is -2.45. The third-order valence-electron chi connectivity index (χ3n) is 3.31. The van der Waals surface area contributed by atoms with Gasteiger partial charge in [-0.2, -0.15) is 0 Å². The van der Waals surface area contributed by atoms with E-state index in [1.165, 1.54) is 0 Å². The number of rotatable bonds is 4. The Labute approximate surface area is 123 Å². The van der Waals surface area contributed by atoms with Gasteiger partial charge in [0, 0.05) is 11.3 Å². The van der Waals surface area contributed by atoms with Gasteiger partial charge in [0.2, 0.25) is 0 Å². The smallest absolute Gasteiger partial charge is 0.327 e. The molecule has 20 heavy (non-hydrogen) atoms. The van der Waals surface area contributed by atoms with Crippen molar-refractivity contribution in [3.05, 3.63) is 35.9 Å². The van der Waals surface area contributed by atoms with Crippen LogP contribution in [0.4, 0.5) is 0 Å². The van der Waals surface area contributed by atoms with Crippen LogP contribution in [0.1, 0.15) is 30.6 Å².